The Hall–Kier alpha value is -0.550. The number of fused-ring (bicyclic) bond motifs is 1. The minimum Gasteiger partial charge on any atom is -0.384 e. The number of hydrogen-bond acceptors (Lipinski definition) is 1. The third kappa shape index (κ3) is 1.23. The van der Waals surface area contributed by atoms with Crippen molar-refractivity contribution in [2.75, 3.05) is 25.2 Å². The minimum atomic E-state index is 0.149. The highest BCUT2D eigenvalue weighted by Crippen LogP contribution is 2.49. The second-order valence-electron chi connectivity index (χ2n) is 3.45. The summed E-state index contributed by atoms with van der Waals surface area (Å²) in [5.41, 5.74) is 3.64. The van der Waals surface area contributed by atoms with Crippen LogP contribution in [-0.4, -0.2) is 19.9 Å². The Kier molecular flexibility index (Phi) is 2.06. The van der Waals surface area contributed by atoms with Gasteiger partial charge in [-0.25, -0.2) is 0 Å². The van der Waals surface area contributed by atoms with E-state index in [2.05, 4.69) is 42.9 Å². The van der Waals surface area contributed by atoms with Crippen LogP contribution < -0.4 is 5.32 Å². The van der Waals surface area contributed by atoms with E-state index < -0.39 is 0 Å². The summed E-state index contributed by atoms with van der Waals surface area (Å²) in [4.78, 5) is 0. The summed E-state index contributed by atoms with van der Waals surface area (Å²) in [5.74, 6) is 0. The Balaban J connectivity index is 2.36. The van der Waals surface area contributed by atoms with Crippen molar-refractivity contribution >= 4 is 13.6 Å². The van der Waals surface area contributed by atoms with Gasteiger partial charge in [0, 0.05) is 17.9 Å². The molecule has 1 atom stereocenters. The van der Waals surface area contributed by atoms with Crippen LogP contribution in [-0.2, 0) is 0 Å². The van der Waals surface area contributed by atoms with Gasteiger partial charge in [-0.15, -0.1) is 7.92 Å². The minimum absolute atomic E-state index is 0.149. The molecule has 1 nitrogen and oxygen atoms in total. The summed E-state index contributed by atoms with van der Waals surface area (Å²) in [7, 11) is 0.149. The first-order valence-corrected chi connectivity index (χ1v) is 6.59. The monoisotopic (exact) mass is 179 g/mol. The molecule has 1 aromatic carbocycles. The first-order valence-electron chi connectivity index (χ1n) is 4.28. The molecule has 0 fully saturated rings. The Morgan fingerprint density at radius 3 is 2.83 bits per heavy atom. The Morgan fingerprint density at radius 2 is 2.08 bits per heavy atom. The summed E-state index contributed by atoms with van der Waals surface area (Å²) in [6, 6.07) is 8.66. The Bertz CT molecular complexity index is 283. The van der Waals surface area contributed by atoms with Crippen molar-refractivity contribution in [3.63, 3.8) is 0 Å². The van der Waals surface area contributed by atoms with Crippen LogP contribution in [0.15, 0.2) is 24.3 Å². The highest BCUT2D eigenvalue weighted by molar-refractivity contribution is 7.56. The Morgan fingerprint density at radius 1 is 1.33 bits per heavy atom. The second kappa shape index (κ2) is 3.06. The molecule has 0 saturated carbocycles. The van der Waals surface area contributed by atoms with Gasteiger partial charge in [0.15, 0.2) is 0 Å². The summed E-state index contributed by atoms with van der Waals surface area (Å²) in [5, 5.41) is 3.45. The molecule has 0 saturated heterocycles. The number of nitrogens with one attached hydrogen (secondary N) is 1. The molecule has 64 valence electrons. The fraction of sp³-hybridized carbons (Fsp3) is 0.400. The molecular weight excluding hydrogens is 165 g/mol. The van der Waals surface area contributed by atoms with Gasteiger partial charge in [-0.3, -0.25) is 0 Å². The van der Waals surface area contributed by atoms with Gasteiger partial charge in [0.05, 0.1) is 0 Å². The zero-order chi connectivity index (χ0) is 8.55. The lowest BCUT2D eigenvalue weighted by atomic mass is 10.2. The zero-order valence-corrected chi connectivity index (χ0v) is 8.44. The smallest absolute Gasteiger partial charge is 0.0380 e. The van der Waals surface area contributed by atoms with Crippen LogP contribution in [0, 0.1) is 0 Å². The van der Waals surface area contributed by atoms with Crippen molar-refractivity contribution in [1.29, 1.82) is 0 Å². The van der Waals surface area contributed by atoms with E-state index in [0.29, 0.717) is 0 Å². The van der Waals surface area contributed by atoms with Crippen LogP contribution in [0.1, 0.15) is 11.2 Å². The van der Waals surface area contributed by atoms with Gasteiger partial charge in [0.2, 0.25) is 0 Å². The molecule has 1 aliphatic heterocycles. The third-order valence-corrected chi connectivity index (χ3v) is 4.14. The lowest BCUT2D eigenvalue weighted by molar-refractivity contribution is 1.05. The SMILES string of the molecule is CP(C)C1CNc2ccccc21. The third-order valence-electron chi connectivity index (χ3n) is 2.43. The first kappa shape index (κ1) is 8.07. The first-order chi connectivity index (χ1) is 5.79. The molecular formula is C10H14NP. The average molecular weight is 179 g/mol. The van der Waals surface area contributed by atoms with Crippen LogP contribution in [0.5, 0.6) is 0 Å². The number of anilines is 1. The zero-order valence-electron chi connectivity index (χ0n) is 7.54. The van der Waals surface area contributed by atoms with E-state index in [0.717, 1.165) is 12.2 Å². The fourth-order valence-electron chi connectivity index (χ4n) is 1.73. The van der Waals surface area contributed by atoms with Gasteiger partial charge in [0.1, 0.15) is 0 Å². The average Bonchev–Trinajstić information content (AvgIpc) is 2.47. The molecule has 0 radical (unpaired) electrons. The summed E-state index contributed by atoms with van der Waals surface area (Å²) in [6.07, 6.45) is 0. The lowest BCUT2D eigenvalue weighted by Gasteiger charge is -2.14. The van der Waals surface area contributed by atoms with Crippen molar-refractivity contribution in [2.45, 2.75) is 5.66 Å². The molecule has 12 heavy (non-hydrogen) atoms. The number of benzene rings is 1. The molecule has 1 unspecified atom stereocenters. The molecule has 2 rings (SSSR count). The van der Waals surface area contributed by atoms with Crippen LogP contribution in [0.25, 0.3) is 0 Å². The summed E-state index contributed by atoms with van der Waals surface area (Å²) in [6.45, 7) is 5.84. The van der Waals surface area contributed by atoms with Gasteiger partial charge in [-0.05, 0) is 25.0 Å². The van der Waals surface area contributed by atoms with Gasteiger partial charge in [0.25, 0.3) is 0 Å². The molecule has 2 heteroatoms. The van der Waals surface area contributed by atoms with E-state index in [1.54, 1.807) is 0 Å². The summed E-state index contributed by atoms with van der Waals surface area (Å²) < 4.78 is 0. The number of hydrogen-bond donors (Lipinski definition) is 1. The van der Waals surface area contributed by atoms with Crippen molar-refractivity contribution in [3.8, 4) is 0 Å². The van der Waals surface area contributed by atoms with Gasteiger partial charge in [-0.2, -0.15) is 0 Å². The van der Waals surface area contributed by atoms with E-state index in [-0.39, 0.29) is 7.92 Å². The summed E-state index contributed by atoms with van der Waals surface area (Å²) >= 11 is 0. The highest BCUT2D eigenvalue weighted by Gasteiger charge is 2.23. The maximum absolute atomic E-state index is 3.45. The largest absolute Gasteiger partial charge is 0.384 e. The van der Waals surface area contributed by atoms with Crippen LogP contribution in [0.3, 0.4) is 0 Å². The normalized spacial score (nSPS) is 20.8. The van der Waals surface area contributed by atoms with Crippen LogP contribution in [0.4, 0.5) is 5.69 Å². The van der Waals surface area contributed by atoms with E-state index in [4.69, 9.17) is 0 Å². The quantitative estimate of drug-likeness (QED) is 0.653. The second-order valence-corrected chi connectivity index (χ2v) is 6.00. The van der Waals surface area contributed by atoms with Crippen molar-refractivity contribution in [2.24, 2.45) is 0 Å². The van der Waals surface area contributed by atoms with E-state index in [1.165, 1.54) is 11.3 Å². The van der Waals surface area contributed by atoms with Gasteiger partial charge < -0.3 is 5.32 Å². The standard InChI is InChI=1S/C10H14NP/c1-12(2)10-7-11-9-6-4-3-5-8(9)10/h3-6,10-11H,7H2,1-2H3. The van der Waals surface area contributed by atoms with Crippen molar-refractivity contribution in [1.82, 2.24) is 0 Å². The van der Waals surface area contributed by atoms with E-state index >= 15 is 0 Å². The highest BCUT2D eigenvalue weighted by atomic mass is 31.1. The van der Waals surface area contributed by atoms with Crippen molar-refractivity contribution < 1.29 is 0 Å². The molecule has 1 N–H and O–H groups in total. The fourth-order valence-corrected chi connectivity index (χ4v) is 2.96. The molecule has 1 aliphatic rings. The predicted octanol–water partition coefficient (Wildman–Crippen LogP) is 2.89. The molecule has 0 bridgehead atoms. The van der Waals surface area contributed by atoms with Crippen molar-refractivity contribution in [3.05, 3.63) is 29.8 Å². The van der Waals surface area contributed by atoms with E-state index in [1.807, 2.05) is 0 Å². The maximum atomic E-state index is 3.45. The molecule has 0 aliphatic carbocycles. The topological polar surface area (TPSA) is 12.0 Å². The maximum Gasteiger partial charge on any atom is 0.0380 e. The van der Waals surface area contributed by atoms with Crippen LogP contribution in [0.2, 0.25) is 0 Å². The van der Waals surface area contributed by atoms with Gasteiger partial charge >= 0.3 is 0 Å². The molecule has 0 spiro atoms. The molecule has 0 amide bonds. The number of rotatable bonds is 1. The molecule has 0 aromatic heterocycles. The Labute approximate surface area is 74.9 Å². The van der Waals surface area contributed by atoms with Crippen LogP contribution >= 0.6 is 7.92 Å². The lowest BCUT2D eigenvalue weighted by Crippen LogP contribution is -1.98. The predicted molar refractivity (Wildman–Crippen MR) is 56.4 cm³/mol. The molecule has 1 aromatic rings. The number of para-hydroxylation sites is 1. The van der Waals surface area contributed by atoms with Gasteiger partial charge in [-0.1, -0.05) is 18.2 Å². The molecule has 1 heterocycles. The van der Waals surface area contributed by atoms with E-state index in [9.17, 15) is 0 Å².